The molecule has 5 heteroatoms. The van der Waals surface area contributed by atoms with Crippen LogP contribution in [0.15, 0.2) is 79.0 Å². The molecule has 2 heterocycles. The van der Waals surface area contributed by atoms with E-state index in [4.69, 9.17) is 9.84 Å². The van der Waals surface area contributed by atoms with Crippen LogP contribution in [0, 0.1) is 5.82 Å². The molecular weight excluding hydrogens is 353 g/mol. The largest absolute Gasteiger partial charge is 0.497 e. The van der Waals surface area contributed by atoms with Crippen LogP contribution in [0.2, 0.25) is 0 Å². The third-order valence-corrected chi connectivity index (χ3v) is 4.83. The average molecular weight is 369 g/mol. The number of methoxy groups -OCH3 is 1. The quantitative estimate of drug-likeness (QED) is 0.428. The summed E-state index contributed by atoms with van der Waals surface area (Å²) >= 11 is 0. The maximum Gasteiger partial charge on any atom is 0.124 e. The molecule has 0 fully saturated rings. The van der Waals surface area contributed by atoms with Crippen molar-refractivity contribution in [1.29, 1.82) is 0 Å². The molecule has 0 unspecified atom stereocenters. The molecule has 0 aliphatic rings. The highest BCUT2D eigenvalue weighted by Crippen LogP contribution is 2.34. The Morgan fingerprint density at radius 2 is 1.68 bits per heavy atom. The van der Waals surface area contributed by atoms with E-state index in [2.05, 4.69) is 4.98 Å². The van der Waals surface area contributed by atoms with Crippen LogP contribution in [0.3, 0.4) is 0 Å². The van der Waals surface area contributed by atoms with Gasteiger partial charge in [0.1, 0.15) is 17.3 Å². The van der Waals surface area contributed by atoms with Crippen LogP contribution in [0.1, 0.15) is 0 Å². The van der Waals surface area contributed by atoms with Gasteiger partial charge in [0, 0.05) is 22.5 Å². The van der Waals surface area contributed by atoms with Crippen LogP contribution in [0.4, 0.5) is 4.39 Å². The van der Waals surface area contributed by atoms with Gasteiger partial charge in [0.2, 0.25) is 0 Å². The Hall–Kier alpha value is -3.73. The van der Waals surface area contributed by atoms with Crippen molar-refractivity contribution in [3.63, 3.8) is 0 Å². The van der Waals surface area contributed by atoms with Gasteiger partial charge in [-0.05, 0) is 54.6 Å². The number of rotatable bonds is 3. The highest BCUT2D eigenvalue weighted by Gasteiger charge is 2.17. The fraction of sp³-hybridized carbons (Fsp3) is 0.0435. The minimum Gasteiger partial charge on any atom is -0.497 e. The summed E-state index contributed by atoms with van der Waals surface area (Å²) in [6, 6.07) is 22.2. The standard InChI is InChI=1S/C23H16FN3O/c1-28-18-10-7-15(8-11-18)22-20-14-25-21-12-9-16(24)13-19(21)23(20)27(26-22)17-5-3-2-4-6-17/h2-14H,1H3. The summed E-state index contributed by atoms with van der Waals surface area (Å²) in [4.78, 5) is 4.53. The molecule has 0 radical (unpaired) electrons. The third-order valence-electron chi connectivity index (χ3n) is 4.83. The fourth-order valence-corrected chi connectivity index (χ4v) is 3.47. The van der Waals surface area contributed by atoms with Crippen LogP contribution in [-0.4, -0.2) is 21.9 Å². The summed E-state index contributed by atoms with van der Waals surface area (Å²) in [5.74, 6) is 0.481. The lowest BCUT2D eigenvalue weighted by Crippen LogP contribution is -1.97. The van der Waals surface area contributed by atoms with E-state index in [9.17, 15) is 4.39 Å². The van der Waals surface area contributed by atoms with Crippen molar-refractivity contribution in [3.05, 3.63) is 84.8 Å². The van der Waals surface area contributed by atoms with Crippen molar-refractivity contribution >= 4 is 21.8 Å². The van der Waals surface area contributed by atoms with Gasteiger partial charge < -0.3 is 4.74 Å². The van der Waals surface area contributed by atoms with E-state index < -0.39 is 0 Å². The van der Waals surface area contributed by atoms with Gasteiger partial charge in [-0.1, -0.05) is 18.2 Å². The van der Waals surface area contributed by atoms with Gasteiger partial charge in [-0.15, -0.1) is 0 Å². The smallest absolute Gasteiger partial charge is 0.124 e. The first-order chi connectivity index (χ1) is 13.7. The Bertz CT molecular complexity index is 1290. The van der Waals surface area contributed by atoms with Crippen LogP contribution < -0.4 is 4.74 Å². The van der Waals surface area contributed by atoms with Gasteiger partial charge in [0.05, 0.1) is 23.8 Å². The molecule has 3 aromatic carbocycles. The summed E-state index contributed by atoms with van der Waals surface area (Å²) < 4.78 is 21.2. The van der Waals surface area contributed by atoms with Crippen molar-refractivity contribution in [1.82, 2.24) is 14.8 Å². The Morgan fingerprint density at radius 3 is 2.43 bits per heavy atom. The molecule has 0 spiro atoms. The fourth-order valence-electron chi connectivity index (χ4n) is 3.47. The number of hydrogen-bond donors (Lipinski definition) is 0. The number of halogens is 1. The lowest BCUT2D eigenvalue weighted by atomic mass is 10.1. The van der Waals surface area contributed by atoms with Crippen LogP contribution in [0.5, 0.6) is 5.75 Å². The van der Waals surface area contributed by atoms with E-state index in [1.165, 1.54) is 12.1 Å². The zero-order valence-corrected chi connectivity index (χ0v) is 15.1. The second kappa shape index (κ2) is 6.46. The molecule has 0 atom stereocenters. The summed E-state index contributed by atoms with van der Waals surface area (Å²) in [5.41, 5.74) is 4.20. The molecule has 5 rings (SSSR count). The van der Waals surface area contributed by atoms with Crippen LogP contribution in [0.25, 0.3) is 38.8 Å². The molecule has 0 saturated heterocycles. The van der Waals surface area contributed by atoms with Gasteiger partial charge in [-0.2, -0.15) is 5.10 Å². The van der Waals surface area contributed by atoms with Gasteiger partial charge in [0.25, 0.3) is 0 Å². The van der Waals surface area contributed by atoms with E-state index in [1.54, 1.807) is 13.2 Å². The first-order valence-electron chi connectivity index (χ1n) is 8.91. The number of benzene rings is 3. The molecule has 4 nitrogen and oxygen atoms in total. The SMILES string of the molecule is COc1ccc(-c2nn(-c3ccccc3)c3c2cnc2ccc(F)cc23)cc1. The Morgan fingerprint density at radius 1 is 0.893 bits per heavy atom. The molecule has 0 aliphatic carbocycles. The van der Waals surface area contributed by atoms with Crippen LogP contribution >= 0.6 is 0 Å². The van der Waals surface area contributed by atoms with Crippen molar-refractivity contribution in [2.45, 2.75) is 0 Å². The van der Waals surface area contributed by atoms with Gasteiger partial charge in [0.15, 0.2) is 0 Å². The highest BCUT2D eigenvalue weighted by molar-refractivity contribution is 6.08. The van der Waals surface area contributed by atoms with Crippen molar-refractivity contribution in [2.24, 2.45) is 0 Å². The highest BCUT2D eigenvalue weighted by atomic mass is 19.1. The molecule has 0 aliphatic heterocycles. The van der Waals surface area contributed by atoms with Crippen molar-refractivity contribution in [3.8, 4) is 22.7 Å². The van der Waals surface area contributed by atoms with Crippen molar-refractivity contribution < 1.29 is 9.13 Å². The predicted molar refractivity (Wildman–Crippen MR) is 108 cm³/mol. The number of aromatic nitrogens is 3. The third kappa shape index (κ3) is 2.60. The summed E-state index contributed by atoms with van der Waals surface area (Å²) in [5, 5.41) is 6.48. The van der Waals surface area contributed by atoms with E-state index in [0.29, 0.717) is 0 Å². The maximum atomic E-state index is 14.0. The van der Waals surface area contributed by atoms with Gasteiger partial charge in [-0.25, -0.2) is 9.07 Å². The topological polar surface area (TPSA) is 39.9 Å². The van der Waals surface area contributed by atoms with Crippen molar-refractivity contribution in [2.75, 3.05) is 7.11 Å². The summed E-state index contributed by atoms with van der Waals surface area (Å²) in [7, 11) is 1.64. The number of pyridine rings is 1. The molecule has 0 bridgehead atoms. The second-order valence-corrected chi connectivity index (χ2v) is 6.51. The van der Waals surface area contributed by atoms with Gasteiger partial charge >= 0.3 is 0 Å². The maximum absolute atomic E-state index is 14.0. The normalized spacial score (nSPS) is 11.2. The van der Waals surface area contributed by atoms with E-state index in [-0.39, 0.29) is 5.82 Å². The number of fused-ring (bicyclic) bond motifs is 3. The molecule has 0 amide bonds. The molecule has 0 N–H and O–H groups in total. The predicted octanol–water partition coefficient (Wildman–Crippen LogP) is 5.39. The molecule has 2 aromatic heterocycles. The summed E-state index contributed by atoms with van der Waals surface area (Å²) in [6.07, 6.45) is 1.81. The Labute approximate surface area is 160 Å². The van der Waals surface area contributed by atoms with E-state index in [1.807, 2.05) is 65.5 Å². The first-order valence-corrected chi connectivity index (χ1v) is 8.91. The lowest BCUT2D eigenvalue weighted by molar-refractivity contribution is 0.415. The Kier molecular flexibility index (Phi) is 3.79. The number of ether oxygens (including phenoxy) is 1. The van der Waals surface area contributed by atoms with E-state index in [0.717, 1.165) is 44.5 Å². The minimum absolute atomic E-state index is 0.298. The monoisotopic (exact) mass is 369 g/mol. The Balaban J connectivity index is 1.87. The number of para-hydroxylation sites is 1. The zero-order chi connectivity index (χ0) is 19.1. The molecule has 28 heavy (non-hydrogen) atoms. The summed E-state index contributed by atoms with van der Waals surface area (Å²) in [6.45, 7) is 0. The minimum atomic E-state index is -0.298. The molecular formula is C23H16FN3O. The number of hydrogen-bond acceptors (Lipinski definition) is 3. The first kappa shape index (κ1) is 16.4. The average Bonchev–Trinajstić information content (AvgIpc) is 3.14. The zero-order valence-electron chi connectivity index (χ0n) is 15.1. The number of nitrogens with zero attached hydrogens (tertiary/aromatic N) is 3. The molecule has 5 aromatic rings. The molecule has 0 saturated carbocycles. The van der Waals surface area contributed by atoms with Gasteiger partial charge in [-0.3, -0.25) is 4.98 Å². The van der Waals surface area contributed by atoms with Crippen LogP contribution in [-0.2, 0) is 0 Å². The lowest BCUT2D eigenvalue weighted by Gasteiger charge is -2.05. The second-order valence-electron chi connectivity index (χ2n) is 6.51. The molecule has 136 valence electrons. The van der Waals surface area contributed by atoms with E-state index >= 15 is 0 Å².